The number of para-hydroxylation sites is 1. The molecule has 0 radical (unpaired) electrons. The van der Waals surface area contributed by atoms with Gasteiger partial charge in [-0.05, 0) is 24.5 Å². The Balaban J connectivity index is 1.79. The zero-order valence-electron chi connectivity index (χ0n) is 10.0. The summed E-state index contributed by atoms with van der Waals surface area (Å²) in [7, 11) is 1.33. The van der Waals surface area contributed by atoms with Crippen LogP contribution in [-0.2, 0) is 14.9 Å². The van der Waals surface area contributed by atoms with Crippen LogP contribution in [0.4, 0.5) is 10.5 Å². The van der Waals surface area contributed by atoms with E-state index in [-0.39, 0.29) is 11.9 Å². The first kappa shape index (κ1) is 11.1. The van der Waals surface area contributed by atoms with Crippen LogP contribution in [0.1, 0.15) is 18.4 Å². The summed E-state index contributed by atoms with van der Waals surface area (Å²) >= 11 is 0. The van der Waals surface area contributed by atoms with E-state index in [4.69, 9.17) is 0 Å². The molecule has 0 unspecified atom stereocenters. The van der Waals surface area contributed by atoms with Gasteiger partial charge >= 0.3 is 6.09 Å². The lowest BCUT2D eigenvalue weighted by Gasteiger charge is -2.43. The average molecular weight is 246 g/mol. The van der Waals surface area contributed by atoms with Crippen molar-refractivity contribution in [2.24, 2.45) is 0 Å². The quantitative estimate of drug-likeness (QED) is 0.787. The normalized spacial score (nSPS) is 28.3. The summed E-state index contributed by atoms with van der Waals surface area (Å²) in [5, 5.41) is 5.62. The molecule has 3 rings (SSSR count). The van der Waals surface area contributed by atoms with Crippen LogP contribution in [0.25, 0.3) is 0 Å². The predicted octanol–water partition coefficient (Wildman–Crippen LogP) is 1.39. The molecular formula is C13H14N2O3. The van der Waals surface area contributed by atoms with Crippen molar-refractivity contribution in [1.82, 2.24) is 5.32 Å². The molecule has 18 heavy (non-hydrogen) atoms. The number of carbonyl (C=O) groups is 2. The van der Waals surface area contributed by atoms with E-state index in [0.717, 1.165) is 11.3 Å². The Morgan fingerprint density at radius 3 is 2.89 bits per heavy atom. The van der Waals surface area contributed by atoms with Gasteiger partial charge in [-0.2, -0.15) is 0 Å². The first-order valence-electron chi connectivity index (χ1n) is 5.91. The molecule has 94 valence electrons. The highest BCUT2D eigenvalue weighted by Crippen LogP contribution is 2.50. The lowest BCUT2D eigenvalue weighted by molar-refractivity contribution is -0.124. The van der Waals surface area contributed by atoms with Gasteiger partial charge in [0.25, 0.3) is 0 Å². The molecular weight excluding hydrogens is 232 g/mol. The van der Waals surface area contributed by atoms with E-state index < -0.39 is 11.5 Å². The molecule has 0 saturated heterocycles. The summed E-state index contributed by atoms with van der Waals surface area (Å²) in [5.41, 5.74) is 1.47. The van der Waals surface area contributed by atoms with Crippen molar-refractivity contribution >= 4 is 17.7 Å². The molecule has 1 aliphatic carbocycles. The summed E-state index contributed by atoms with van der Waals surface area (Å²) in [6.45, 7) is 0. The van der Waals surface area contributed by atoms with E-state index in [9.17, 15) is 9.59 Å². The molecule has 1 spiro atoms. The largest absolute Gasteiger partial charge is 0.453 e. The molecule has 2 N–H and O–H groups in total. The number of fused-ring (bicyclic) bond motifs is 2. The van der Waals surface area contributed by atoms with Crippen LogP contribution < -0.4 is 10.6 Å². The van der Waals surface area contributed by atoms with Crippen molar-refractivity contribution in [1.29, 1.82) is 0 Å². The standard InChI is InChI=1S/C13H14N2O3/c1-18-12(17)14-8-6-13(7-8)9-4-2-3-5-10(9)15-11(13)16/h2-5,8H,6-7H2,1H3,(H,14,17)(H,15,16). The SMILES string of the molecule is COC(=O)NC1CC2(C1)C(=O)Nc1ccccc12. The van der Waals surface area contributed by atoms with E-state index in [1.165, 1.54) is 7.11 Å². The Morgan fingerprint density at radius 1 is 1.44 bits per heavy atom. The van der Waals surface area contributed by atoms with Gasteiger partial charge < -0.3 is 15.4 Å². The molecule has 2 aliphatic rings. The molecule has 1 aliphatic heterocycles. The van der Waals surface area contributed by atoms with Gasteiger partial charge in [-0.3, -0.25) is 4.79 Å². The minimum Gasteiger partial charge on any atom is -0.453 e. The second kappa shape index (κ2) is 3.73. The summed E-state index contributed by atoms with van der Waals surface area (Å²) < 4.78 is 4.55. The monoisotopic (exact) mass is 246 g/mol. The predicted molar refractivity (Wildman–Crippen MR) is 65.3 cm³/mol. The number of anilines is 1. The second-order valence-corrected chi connectivity index (χ2v) is 4.82. The van der Waals surface area contributed by atoms with Gasteiger partial charge in [0.2, 0.25) is 5.91 Å². The number of nitrogens with one attached hydrogen (secondary N) is 2. The summed E-state index contributed by atoms with van der Waals surface area (Å²) in [6.07, 6.45) is 0.817. The third kappa shape index (κ3) is 1.40. The van der Waals surface area contributed by atoms with Crippen LogP contribution in [0.3, 0.4) is 0 Å². The highest BCUT2D eigenvalue weighted by atomic mass is 16.5. The van der Waals surface area contributed by atoms with Crippen LogP contribution >= 0.6 is 0 Å². The second-order valence-electron chi connectivity index (χ2n) is 4.82. The molecule has 0 atom stereocenters. The molecule has 1 fully saturated rings. The number of methoxy groups -OCH3 is 1. The van der Waals surface area contributed by atoms with E-state index in [2.05, 4.69) is 15.4 Å². The summed E-state index contributed by atoms with van der Waals surface area (Å²) in [5.74, 6) is 0.0339. The van der Waals surface area contributed by atoms with Crippen molar-refractivity contribution in [2.45, 2.75) is 24.3 Å². The fourth-order valence-corrected chi connectivity index (χ4v) is 2.89. The molecule has 5 heteroatoms. The first-order chi connectivity index (χ1) is 8.65. The highest BCUT2D eigenvalue weighted by molar-refractivity contribution is 6.07. The smallest absolute Gasteiger partial charge is 0.407 e. The van der Waals surface area contributed by atoms with Crippen molar-refractivity contribution in [3.05, 3.63) is 29.8 Å². The number of benzene rings is 1. The number of rotatable bonds is 1. The average Bonchev–Trinajstić information content (AvgIpc) is 2.62. The van der Waals surface area contributed by atoms with Gasteiger partial charge in [0.15, 0.2) is 0 Å². The topological polar surface area (TPSA) is 67.4 Å². The maximum absolute atomic E-state index is 12.1. The van der Waals surface area contributed by atoms with E-state index >= 15 is 0 Å². The lowest BCUT2D eigenvalue weighted by atomic mass is 9.62. The van der Waals surface area contributed by atoms with Crippen LogP contribution in [0.2, 0.25) is 0 Å². The van der Waals surface area contributed by atoms with Gasteiger partial charge in [0.1, 0.15) is 0 Å². The maximum Gasteiger partial charge on any atom is 0.407 e. The molecule has 1 aromatic carbocycles. The molecule has 5 nitrogen and oxygen atoms in total. The number of hydrogen-bond donors (Lipinski definition) is 2. The Labute approximate surface area is 105 Å². The van der Waals surface area contributed by atoms with E-state index in [0.29, 0.717) is 12.8 Å². The van der Waals surface area contributed by atoms with Gasteiger partial charge in [-0.1, -0.05) is 18.2 Å². The highest BCUT2D eigenvalue weighted by Gasteiger charge is 2.55. The zero-order valence-corrected chi connectivity index (χ0v) is 10.0. The molecule has 1 aromatic rings. The molecule has 1 saturated carbocycles. The zero-order chi connectivity index (χ0) is 12.8. The third-order valence-electron chi connectivity index (χ3n) is 3.82. The van der Waals surface area contributed by atoms with Crippen molar-refractivity contribution in [3.8, 4) is 0 Å². The molecule has 0 aromatic heterocycles. The van der Waals surface area contributed by atoms with E-state index in [1.54, 1.807) is 0 Å². The molecule has 2 amide bonds. The van der Waals surface area contributed by atoms with Gasteiger partial charge in [-0.15, -0.1) is 0 Å². The van der Waals surface area contributed by atoms with Gasteiger partial charge in [0.05, 0.1) is 12.5 Å². The number of ether oxygens (including phenoxy) is 1. The fraction of sp³-hybridized carbons (Fsp3) is 0.385. The fourth-order valence-electron chi connectivity index (χ4n) is 2.89. The van der Waals surface area contributed by atoms with Gasteiger partial charge in [0, 0.05) is 11.7 Å². The van der Waals surface area contributed by atoms with Crippen molar-refractivity contribution < 1.29 is 14.3 Å². The molecule has 1 heterocycles. The van der Waals surface area contributed by atoms with Crippen molar-refractivity contribution in [2.75, 3.05) is 12.4 Å². The lowest BCUT2D eigenvalue weighted by Crippen LogP contribution is -2.56. The van der Waals surface area contributed by atoms with Crippen LogP contribution in [0.15, 0.2) is 24.3 Å². The van der Waals surface area contributed by atoms with Crippen LogP contribution in [-0.4, -0.2) is 25.2 Å². The summed E-state index contributed by atoms with van der Waals surface area (Å²) in [6, 6.07) is 7.72. The maximum atomic E-state index is 12.1. The molecule has 0 bridgehead atoms. The Hall–Kier alpha value is -2.04. The minimum absolute atomic E-state index is 0.00866. The minimum atomic E-state index is -0.456. The number of amides is 2. The van der Waals surface area contributed by atoms with Gasteiger partial charge in [-0.25, -0.2) is 4.79 Å². The van der Waals surface area contributed by atoms with Crippen LogP contribution in [0, 0.1) is 0 Å². The summed E-state index contributed by atoms with van der Waals surface area (Å²) in [4.78, 5) is 23.2. The first-order valence-corrected chi connectivity index (χ1v) is 5.91. The Bertz CT molecular complexity index is 521. The number of carbonyl (C=O) groups excluding carboxylic acids is 2. The van der Waals surface area contributed by atoms with Crippen LogP contribution in [0.5, 0.6) is 0 Å². The number of alkyl carbamates (subject to hydrolysis) is 1. The van der Waals surface area contributed by atoms with E-state index in [1.807, 2.05) is 24.3 Å². The number of hydrogen-bond acceptors (Lipinski definition) is 3. The van der Waals surface area contributed by atoms with Crippen molar-refractivity contribution in [3.63, 3.8) is 0 Å². The third-order valence-corrected chi connectivity index (χ3v) is 3.82. The Kier molecular flexibility index (Phi) is 2.29. The Morgan fingerprint density at radius 2 is 2.17 bits per heavy atom.